The van der Waals surface area contributed by atoms with E-state index in [1.807, 2.05) is 60.7 Å². The van der Waals surface area contributed by atoms with Crippen LogP contribution in [0.3, 0.4) is 0 Å². The van der Waals surface area contributed by atoms with Gasteiger partial charge in [0.2, 0.25) is 0 Å². The Kier molecular flexibility index (Phi) is 5.27. The van der Waals surface area contributed by atoms with E-state index in [2.05, 4.69) is 5.32 Å². The maximum Gasteiger partial charge on any atom is 0.427 e. The molecule has 2 aromatic rings. The molecular formula is C19H22N2O2. The molecule has 0 bridgehead atoms. The van der Waals surface area contributed by atoms with E-state index >= 15 is 0 Å². The predicted molar refractivity (Wildman–Crippen MR) is 89.8 cm³/mol. The zero-order valence-electron chi connectivity index (χ0n) is 13.2. The number of rotatable bonds is 4. The first kappa shape index (κ1) is 15.6. The Bertz CT molecular complexity index is 570. The van der Waals surface area contributed by atoms with Gasteiger partial charge < -0.3 is 10.2 Å². The minimum absolute atomic E-state index is 0.213. The van der Waals surface area contributed by atoms with Gasteiger partial charge >= 0.3 is 6.09 Å². The summed E-state index contributed by atoms with van der Waals surface area (Å²) < 4.78 is 0. The molecule has 0 unspecified atom stereocenters. The molecule has 0 radical (unpaired) electrons. The largest absolute Gasteiger partial charge is 0.427 e. The summed E-state index contributed by atoms with van der Waals surface area (Å²) in [4.78, 5) is 17.7. The highest BCUT2D eigenvalue weighted by Crippen LogP contribution is 2.22. The summed E-state index contributed by atoms with van der Waals surface area (Å²) in [6, 6.07) is 19.7. The van der Waals surface area contributed by atoms with Gasteiger partial charge in [-0.1, -0.05) is 67.1 Å². The van der Waals surface area contributed by atoms with Crippen LogP contribution in [-0.4, -0.2) is 24.2 Å². The molecule has 1 fully saturated rings. The van der Waals surface area contributed by atoms with Gasteiger partial charge in [0, 0.05) is 13.1 Å². The van der Waals surface area contributed by atoms with Crippen molar-refractivity contribution in [3.63, 3.8) is 0 Å². The fourth-order valence-corrected chi connectivity index (χ4v) is 2.87. The maximum absolute atomic E-state index is 12.3. The number of nitrogens with one attached hydrogen (secondary N) is 1. The van der Waals surface area contributed by atoms with Crippen LogP contribution < -0.4 is 5.32 Å². The second kappa shape index (κ2) is 7.79. The number of piperidine rings is 1. The Hall–Kier alpha value is -2.33. The molecule has 0 aromatic heterocycles. The van der Waals surface area contributed by atoms with Crippen molar-refractivity contribution in [2.75, 3.05) is 13.1 Å². The average Bonchev–Trinajstić information content (AvgIpc) is 2.62. The third-order valence-corrected chi connectivity index (χ3v) is 4.06. The summed E-state index contributed by atoms with van der Waals surface area (Å²) in [5, 5.41) is 4.75. The molecular weight excluding hydrogens is 288 g/mol. The van der Waals surface area contributed by atoms with E-state index in [1.54, 1.807) is 5.06 Å². The third-order valence-electron chi connectivity index (χ3n) is 4.06. The van der Waals surface area contributed by atoms with Crippen molar-refractivity contribution in [1.82, 2.24) is 10.4 Å². The lowest BCUT2D eigenvalue weighted by Gasteiger charge is -2.26. The number of hydrogen-bond acceptors (Lipinski definition) is 3. The molecule has 1 N–H and O–H groups in total. The summed E-state index contributed by atoms with van der Waals surface area (Å²) in [7, 11) is 0. The summed E-state index contributed by atoms with van der Waals surface area (Å²) in [6.45, 7) is 1.63. The normalized spacial score (nSPS) is 15.3. The molecule has 1 amide bonds. The Morgan fingerprint density at radius 3 is 1.91 bits per heavy atom. The third kappa shape index (κ3) is 4.33. The molecule has 4 nitrogen and oxygen atoms in total. The minimum Gasteiger partial charge on any atom is -0.351 e. The van der Waals surface area contributed by atoms with Gasteiger partial charge in [-0.3, -0.25) is 0 Å². The van der Waals surface area contributed by atoms with E-state index in [-0.39, 0.29) is 6.04 Å². The molecule has 1 aliphatic heterocycles. The van der Waals surface area contributed by atoms with Gasteiger partial charge in [0.25, 0.3) is 0 Å². The molecule has 3 rings (SSSR count). The first-order valence-corrected chi connectivity index (χ1v) is 8.16. The number of hydrogen-bond donors (Lipinski definition) is 1. The van der Waals surface area contributed by atoms with E-state index in [1.165, 1.54) is 6.42 Å². The van der Waals surface area contributed by atoms with Crippen LogP contribution in [0.25, 0.3) is 0 Å². The minimum atomic E-state index is -0.399. The second-order valence-electron chi connectivity index (χ2n) is 5.77. The van der Waals surface area contributed by atoms with E-state index in [4.69, 9.17) is 4.84 Å². The monoisotopic (exact) mass is 310 g/mol. The van der Waals surface area contributed by atoms with Crippen LogP contribution in [-0.2, 0) is 4.84 Å². The molecule has 0 saturated carbocycles. The van der Waals surface area contributed by atoms with E-state index in [0.29, 0.717) is 0 Å². The van der Waals surface area contributed by atoms with Gasteiger partial charge in [-0.05, 0) is 24.0 Å². The number of benzene rings is 2. The van der Waals surface area contributed by atoms with Gasteiger partial charge in [-0.25, -0.2) is 4.79 Å². The van der Waals surface area contributed by atoms with Crippen LogP contribution in [0.2, 0.25) is 0 Å². The van der Waals surface area contributed by atoms with Gasteiger partial charge in [0.1, 0.15) is 0 Å². The summed E-state index contributed by atoms with van der Waals surface area (Å²) in [6.07, 6.45) is 2.96. The predicted octanol–water partition coefficient (Wildman–Crippen LogP) is 3.90. The van der Waals surface area contributed by atoms with Crippen LogP contribution in [0.5, 0.6) is 0 Å². The van der Waals surface area contributed by atoms with Crippen molar-refractivity contribution in [3.8, 4) is 0 Å². The number of nitrogens with zero attached hydrogens (tertiary/aromatic N) is 1. The molecule has 1 aliphatic rings. The molecule has 120 valence electrons. The molecule has 23 heavy (non-hydrogen) atoms. The SMILES string of the molecule is O=C(NC(c1ccccc1)c1ccccc1)ON1CCCCC1. The van der Waals surface area contributed by atoms with E-state index < -0.39 is 6.09 Å². The molecule has 0 atom stereocenters. The molecule has 2 aromatic carbocycles. The quantitative estimate of drug-likeness (QED) is 0.931. The maximum atomic E-state index is 12.3. The number of carbonyl (C=O) groups is 1. The smallest absolute Gasteiger partial charge is 0.351 e. The Labute approximate surface area is 137 Å². The Morgan fingerprint density at radius 2 is 1.39 bits per heavy atom. The molecule has 0 aliphatic carbocycles. The number of amides is 1. The molecule has 0 spiro atoms. The van der Waals surface area contributed by atoms with Crippen molar-refractivity contribution < 1.29 is 9.63 Å². The average molecular weight is 310 g/mol. The van der Waals surface area contributed by atoms with Crippen LogP contribution in [0, 0.1) is 0 Å². The first-order valence-electron chi connectivity index (χ1n) is 8.16. The standard InChI is InChI=1S/C19H22N2O2/c22-19(23-21-14-8-3-9-15-21)20-18(16-10-4-1-5-11-16)17-12-6-2-7-13-17/h1-2,4-7,10-13,18H,3,8-9,14-15H2,(H,20,22). The van der Waals surface area contributed by atoms with E-state index in [0.717, 1.165) is 37.1 Å². The van der Waals surface area contributed by atoms with Crippen molar-refractivity contribution in [1.29, 1.82) is 0 Å². The summed E-state index contributed by atoms with van der Waals surface area (Å²) >= 11 is 0. The van der Waals surface area contributed by atoms with Gasteiger partial charge in [0.05, 0.1) is 6.04 Å². The van der Waals surface area contributed by atoms with Crippen molar-refractivity contribution >= 4 is 6.09 Å². The Morgan fingerprint density at radius 1 is 0.870 bits per heavy atom. The van der Waals surface area contributed by atoms with Gasteiger partial charge in [-0.2, -0.15) is 0 Å². The lowest BCUT2D eigenvalue weighted by molar-refractivity contribution is -0.111. The van der Waals surface area contributed by atoms with Crippen LogP contribution in [0.1, 0.15) is 36.4 Å². The highest BCUT2D eigenvalue weighted by Gasteiger charge is 2.20. The zero-order valence-corrected chi connectivity index (χ0v) is 13.2. The number of carbonyl (C=O) groups excluding carboxylic acids is 1. The molecule has 4 heteroatoms. The lowest BCUT2D eigenvalue weighted by atomic mass is 9.99. The fraction of sp³-hybridized carbons (Fsp3) is 0.316. The van der Waals surface area contributed by atoms with Gasteiger partial charge in [-0.15, -0.1) is 5.06 Å². The molecule has 1 saturated heterocycles. The molecule has 1 heterocycles. The zero-order chi connectivity index (χ0) is 15.9. The van der Waals surface area contributed by atoms with Crippen molar-refractivity contribution in [3.05, 3.63) is 71.8 Å². The van der Waals surface area contributed by atoms with Crippen LogP contribution >= 0.6 is 0 Å². The number of hydroxylamine groups is 2. The topological polar surface area (TPSA) is 41.6 Å². The fourth-order valence-electron chi connectivity index (χ4n) is 2.87. The van der Waals surface area contributed by atoms with Crippen molar-refractivity contribution in [2.24, 2.45) is 0 Å². The van der Waals surface area contributed by atoms with Crippen LogP contribution in [0.15, 0.2) is 60.7 Å². The van der Waals surface area contributed by atoms with Gasteiger partial charge in [0.15, 0.2) is 0 Å². The lowest BCUT2D eigenvalue weighted by Crippen LogP contribution is -2.38. The van der Waals surface area contributed by atoms with E-state index in [9.17, 15) is 4.79 Å². The van der Waals surface area contributed by atoms with Crippen molar-refractivity contribution in [2.45, 2.75) is 25.3 Å². The summed E-state index contributed by atoms with van der Waals surface area (Å²) in [5.74, 6) is 0. The van der Waals surface area contributed by atoms with Crippen LogP contribution in [0.4, 0.5) is 4.79 Å². The second-order valence-corrected chi connectivity index (χ2v) is 5.77. The Balaban J connectivity index is 1.72. The summed E-state index contributed by atoms with van der Waals surface area (Å²) in [5.41, 5.74) is 2.07. The first-order chi connectivity index (χ1) is 11.3. The highest BCUT2D eigenvalue weighted by atomic mass is 16.7. The highest BCUT2D eigenvalue weighted by molar-refractivity contribution is 5.68.